The SMILES string of the molecule is C=C(Br)C(=O)Nc1n[nH]c(C(=O)Nc2cc(C(=O)Nc3cc(C(=O)NCCC(=N)N)n(C)c3)n(C)c2)n1. The Morgan fingerprint density at radius 2 is 1.59 bits per heavy atom. The Morgan fingerprint density at radius 3 is 2.16 bits per heavy atom. The molecule has 3 aromatic heterocycles. The van der Waals surface area contributed by atoms with Crippen molar-refractivity contribution in [2.45, 2.75) is 6.42 Å². The number of rotatable bonds is 10. The first-order valence-electron chi connectivity index (χ1n) is 10.6. The molecule has 0 saturated heterocycles. The summed E-state index contributed by atoms with van der Waals surface area (Å²) in [5.41, 5.74) is 6.52. The summed E-state index contributed by atoms with van der Waals surface area (Å²) in [6.45, 7) is 3.64. The summed E-state index contributed by atoms with van der Waals surface area (Å²) in [5, 5.41) is 23.7. The van der Waals surface area contributed by atoms with Crippen molar-refractivity contribution in [2.24, 2.45) is 19.8 Å². The molecule has 0 bridgehead atoms. The molecule has 37 heavy (non-hydrogen) atoms. The van der Waals surface area contributed by atoms with Gasteiger partial charge in [0, 0.05) is 39.5 Å². The van der Waals surface area contributed by atoms with E-state index in [0.29, 0.717) is 17.1 Å². The smallest absolute Gasteiger partial charge is 0.293 e. The predicted molar refractivity (Wildman–Crippen MR) is 139 cm³/mol. The van der Waals surface area contributed by atoms with E-state index in [1.165, 1.54) is 22.9 Å². The third-order valence-corrected chi connectivity index (χ3v) is 5.20. The number of nitrogens with two attached hydrogens (primary N) is 1. The highest BCUT2D eigenvalue weighted by atomic mass is 79.9. The maximum absolute atomic E-state index is 12.8. The van der Waals surface area contributed by atoms with Gasteiger partial charge in [-0.05, 0) is 28.1 Å². The van der Waals surface area contributed by atoms with Crippen molar-refractivity contribution < 1.29 is 19.2 Å². The number of nitrogens with zero attached hydrogens (tertiary/aromatic N) is 4. The van der Waals surface area contributed by atoms with Gasteiger partial charge >= 0.3 is 0 Å². The second kappa shape index (κ2) is 11.3. The molecule has 3 heterocycles. The Labute approximate surface area is 218 Å². The second-order valence-corrected chi connectivity index (χ2v) is 8.71. The van der Waals surface area contributed by atoms with Crippen LogP contribution in [0.4, 0.5) is 17.3 Å². The predicted octanol–water partition coefficient (Wildman–Crippen LogP) is 0.889. The third-order valence-electron chi connectivity index (χ3n) is 4.84. The number of aryl methyl sites for hydroxylation is 2. The quantitative estimate of drug-likeness (QED) is 0.105. The van der Waals surface area contributed by atoms with Crippen LogP contribution in [0, 0.1) is 5.41 Å². The van der Waals surface area contributed by atoms with Crippen molar-refractivity contribution >= 4 is 62.7 Å². The van der Waals surface area contributed by atoms with Gasteiger partial charge in [-0.25, -0.2) is 0 Å². The van der Waals surface area contributed by atoms with Crippen molar-refractivity contribution in [1.82, 2.24) is 29.6 Å². The Morgan fingerprint density at radius 1 is 1.03 bits per heavy atom. The van der Waals surface area contributed by atoms with E-state index in [4.69, 9.17) is 11.1 Å². The molecule has 194 valence electrons. The Hall–Kier alpha value is -4.73. The summed E-state index contributed by atoms with van der Waals surface area (Å²) >= 11 is 2.93. The van der Waals surface area contributed by atoms with Crippen LogP contribution in [0.15, 0.2) is 35.6 Å². The molecule has 0 radical (unpaired) electrons. The minimum atomic E-state index is -0.647. The van der Waals surface area contributed by atoms with Crippen LogP contribution in [0.5, 0.6) is 0 Å². The fraction of sp³-hybridized carbons (Fsp3) is 0.190. The van der Waals surface area contributed by atoms with E-state index in [1.807, 2.05) is 0 Å². The summed E-state index contributed by atoms with van der Waals surface area (Å²) in [6.07, 6.45) is 3.34. The van der Waals surface area contributed by atoms with Crippen LogP contribution in [0.25, 0.3) is 0 Å². The summed E-state index contributed by atoms with van der Waals surface area (Å²) in [4.78, 5) is 53.2. The van der Waals surface area contributed by atoms with E-state index in [0.717, 1.165) is 0 Å². The number of hydrogen-bond acceptors (Lipinski definition) is 7. The minimum absolute atomic E-state index is 0.0331. The van der Waals surface area contributed by atoms with E-state index >= 15 is 0 Å². The molecule has 0 aliphatic rings. The van der Waals surface area contributed by atoms with E-state index in [2.05, 4.69) is 59.0 Å². The number of hydrogen-bond donors (Lipinski definition) is 7. The lowest BCUT2D eigenvalue weighted by atomic mass is 10.3. The monoisotopic (exact) mass is 573 g/mol. The zero-order valence-electron chi connectivity index (χ0n) is 19.8. The van der Waals surface area contributed by atoms with Crippen LogP contribution in [0.1, 0.15) is 38.0 Å². The lowest BCUT2D eigenvalue weighted by Crippen LogP contribution is -2.28. The van der Waals surface area contributed by atoms with Gasteiger partial charge in [0.2, 0.25) is 11.8 Å². The second-order valence-electron chi connectivity index (χ2n) is 7.76. The van der Waals surface area contributed by atoms with Crippen molar-refractivity contribution in [3.05, 3.63) is 52.8 Å². The molecule has 8 N–H and O–H groups in total. The van der Waals surface area contributed by atoms with Crippen LogP contribution < -0.4 is 27.0 Å². The first-order valence-corrected chi connectivity index (χ1v) is 11.4. The summed E-state index contributed by atoms with van der Waals surface area (Å²) in [7, 11) is 3.28. The topological polar surface area (TPSA) is 218 Å². The van der Waals surface area contributed by atoms with Gasteiger partial charge in [-0.3, -0.25) is 35.0 Å². The molecule has 4 amide bonds. The number of carbonyl (C=O) groups excluding carboxylic acids is 4. The first kappa shape index (κ1) is 26.9. The van der Waals surface area contributed by atoms with E-state index in [1.54, 1.807) is 24.9 Å². The number of aromatic amines is 1. The molecule has 16 heteroatoms. The highest BCUT2D eigenvalue weighted by Gasteiger charge is 2.19. The van der Waals surface area contributed by atoms with Crippen molar-refractivity contribution in [3.63, 3.8) is 0 Å². The van der Waals surface area contributed by atoms with Gasteiger partial charge in [0.1, 0.15) is 11.4 Å². The molecule has 0 saturated carbocycles. The van der Waals surface area contributed by atoms with Gasteiger partial charge in [0.15, 0.2) is 0 Å². The fourth-order valence-electron chi connectivity index (χ4n) is 3.09. The average Bonchev–Trinajstić information content (AvgIpc) is 3.52. The van der Waals surface area contributed by atoms with Crippen molar-refractivity contribution in [3.8, 4) is 0 Å². The number of amides is 4. The number of aromatic nitrogens is 5. The van der Waals surface area contributed by atoms with Crippen LogP contribution in [-0.2, 0) is 18.9 Å². The highest BCUT2D eigenvalue weighted by molar-refractivity contribution is 9.12. The van der Waals surface area contributed by atoms with Gasteiger partial charge in [-0.1, -0.05) is 6.58 Å². The molecule has 0 aliphatic carbocycles. The van der Waals surface area contributed by atoms with Crippen LogP contribution >= 0.6 is 15.9 Å². The largest absolute Gasteiger partial charge is 0.388 e. The molecule has 0 aliphatic heterocycles. The molecule has 0 unspecified atom stereocenters. The zero-order chi connectivity index (χ0) is 27.3. The minimum Gasteiger partial charge on any atom is -0.388 e. The number of halogens is 1. The number of amidine groups is 1. The molecule has 0 aromatic carbocycles. The molecule has 15 nitrogen and oxygen atoms in total. The highest BCUT2D eigenvalue weighted by Crippen LogP contribution is 2.18. The first-order chi connectivity index (χ1) is 17.4. The average molecular weight is 574 g/mol. The summed E-state index contributed by atoms with van der Waals surface area (Å²) in [6, 6.07) is 2.97. The molecular weight excluding hydrogens is 550 g/mol. The van der Waals surface area contributed by atoms with Gasteiger partial charge in [0.05, 0.1) is 21.7 Å². The Balaban J connectivity index is 1.63. The fourth-order valence-corrected chi connectivity index (χ4v) is 3.19. The maximum Gasteiger partial charge on any atom is 0.293 e. The third kappa shape index (κ3) is 6.91. The van der Waals surface area contributed by atoms with Crippen molar-refractivity contribution in [2.75, 3.05) is 22.5 Å². The lowest BCUT2D eigenvalue weighted by molar-refractivity contribution is -0.112. The van der Waals surface area contributed by atoms with Crippen LogP contribution in [0.2, 0.25) is 0 Å². The van der Waals surface area contributed by atoms with Gasteiger partial charge < -0.3 is 30.8 Å². The summed E-state index contributed by atoms with van der Waals surface area (Å²) < 4.78 is 3.13. The van der Waals surface area contributed by atoms with Crippen molar-refractivity contribution in [1.29, 1.82) is 5.41 Å². The zero-order valence-corrected chi connectivity index (χ0v) is 21.4. The Kier molecular flexibility index (Phi) is 8.23. The standard InChI is InChI=1S/C21H24BrN11O4/c1-10(22)17(34)29-21-28-16(30-31-21)20(37)27-12-7-14(33(3)9-12)19(36)26-11-6-13(32(2)8-11)18(35)25-5-4-15(23)24/h6-9H,1,4-5H2,2-3H3,(H3,23,24)(H,25,35)(H,26,36)(H,27,37)(H2,28,29,30,31,34). The lowest BCUT2D eigenvalue weighted by Gasteiger charge is -2.04. The molecule has 3 rings (SSSR count). The summed E-state index contributed by atoms with van der Waals surface area (Å²) in [5.74, 6) is -2.37. The van der Waals surface area contributed by atoms with Crippen LogP contribution in [-0.4, -0.2) is 60.3 Å². The van der Waals surface area contributed by atoms with E-state index < -0.39 is 17.7 Å². The van der Waals surface area contributed by atoms with Gasteiger partial charge in [-0.15, -0.1) is 5.10 Å². The maximum atomic E-state index is 12.8. The normalized spacial score (nSPS) is 10.5. The molecule has 0 fully saturated rings. The molecule has 3 aromatic rings. The molecular formula is C21H24BrN11O4. The van der Waals surface area contributed by atoms with E-state index in [-0.39, 0.29) is 46.7 Å². The van der Waals surface area contributed by atoms with Gasteiger partial charge in [0.25, 0.3) is 23.6 Å². The number of nitrogens with one attached hydrogen (secondary N) is 6. The number of carbonyl (C=O) groups is 4. The Bertz CT molecular complexity index is 1400. The van der Waals surface area contributed by atoms with Crippen LogP contribution in [0.3, 0.4) is 0 Å². The van der Waals surface area contributed by atoms with Gasteiger partial charge in [-0.2, -0.15) is 4.98 Å². The number of anilines is 3. The van der Waals surface area contributed by atoms with E-state index in [9.17, 15) is 19.2 Å². The number of H-pyrrole nitrogens is 1. The molecule has 0 atom stereocenters. The molecule has 0 spiro atoms.